The van der Waals surface area contributed by atoms with Crippen LogP contribution in [-0.2, 0) is 11.0 Å². The van der Waals surface area contributed by atoms with Crippen molar-refractivity contribution in [2.24, 2.45) is 0 Å². The Morgan fingerprint density at radius 3 is 2.25 bits per heavy atom. The van der Waals surface area contributed by atoms with Crippen LogP contribution in [0.5, 0.6) is 17.2 Å². The van der Waals surface area contributed by atoms with E-state index in [1.54, 1.807) is 0 Å². The molecule has 0 aliphatic carbocycles. The van der Waals surface area contributed by atoms with Gasteiger partial charge in [-0.25, -0.2) is 0 Å². The van der Waals surface area contributed by atoms with E-state index < -0.39 is 41.6 Å². The number of piperidine rings is 1. The molecule has 0 radical (unpaired) electrons. The highest BCUT2D eigenvalue weighted by molar-refractivity contribution is 5.97. The maximum Gasteiger partial charge on any atom is 0.573 e. The van der Waals surface area contributed by atoms with Gasteiger partial charge in [-0.3, -0.25) is 9.59 Å². The summed E-state index contributed by atoms with van der Waals surface area (Å²) in [7, 11) is 0. The third kappa shape index (κ3) is 6.28. The average Bonchev–Trinajstić information content (AvgIpc) is 2.67. The fourth-order valence-electron chi connectivity index (χ4n) is 2.98. The van der Waals surface area contributed by atoms with Crippen LogP contribution in [0, 0.1) is 0 Å². The minimum Gasteiger partial charge on any atom is -0.457 e. The molecule has 2 N–H and O–H groups in total. The number of benzene rings is 2. The van der Waals surface area contributed by atoms with E-state index in [4.69, 9.17) is 4.74 Å². The maximum absolute atomic E-state index is 13.1. The van der Waals surface area contributed by atoms with Crippen LogP contribution in [0.15, 0.2) is 42.5 Å². The minimum atomic E-state index is -4.91. The van der Waals surface area contributed by atoms with E-state index in [1.807, 2.05) is 0 Å². The largest absolute Gasteiger partial charge is 0.573 e. The van der Waals surface area contributed by atoms with Crippen molar-refractivity contribution >= 4 is 11.8 Å². The van der Waals surface area contributed by atoms with Gasteiger partial charge in [0.05, 0.1) is 11.1 Å². The fraction of sp³-hybridized carbons (Fsp3) is 0.300. The monoisotopic (exact) mass is 462 g/mol. The Morgan fingerprint density at radius 2 is 1.66 bits per heavy atom. The average molecular weight is 462 g/mol. The van der Waals surface area contributed by atoms with Gasteiger partial charge in [-0.05, 0) is 48.9 Å². The van der Waals surface area contributed by atoms with Gasteiger partial charge in [-0.2, -0.15) is 13.2 Å². The molecule has 12 heteroatoms. The topological polar surface area (TPSA) is 76.7 Å². The van der Waals surface area contributed by atoms with Gasteiger partial charge in [0.15, 0.2) is 0 Å². The SMILES string of the molecule is O=C1CC(NC(=O)c2ccc(C(F)(F)F)cc2Oc2ccc(OC(F)(F)F)cc2)CCN1. The quantitative estimate of drug-likeness (QED) is 0.646. The van der Waals surface area contributed by atoms with E-state index >= 15 is 0 Å². The molecule has 1 aliphatic heterocycles. The molecule has 0 spiro atoms. The first kappa shape index (κ1) is 23.2. The van der Waals surface area contributed by atoms with Gasteiger partial charge in [0, 0.05) is 19.0 Å². The second-order valence-corrected chi connectivity index (χ2v) is 6.84. The molecular weight excluding hydrogens is 446 g/mol. The zero-order valence-corrected chi connectivity index (χ0v) is 16.1. The summed E-state index contributed by atoms with van der Waals surface area (Å²) in [6.07, 6.45) is -9.18. The number of ether oxygens (including phenoxy) is 2. The Hall–Kier alpha value is -3.44. The number of hydrogen-bond acceptors (Lipinski definition) is 4. The normalized spacial score (nSPS) is 16.8. The van der Waals surface area contributed by atoms with Gasteiger partial charge in [0.25, 0.3) is 5.91 Å². The van der Waals surface area contributed by atoms with E-state index in [0.29, 0.717) is 25.1 Å². The highest BCUT2D eigenvalue weighted by atomic mass is 19.4. The van der Waals surface area contributed by atoms with Crippen molar-refractivity contribution in [2.75, 3.05) is 6.54 Å². The van der Waals surface area contributed by atoms with Crippen molar-refractivity contribution in [3.8, 4) is 17.2 Å². The lowest BCUT2D eigenvalue weighted by atomic mass is 10.0. The number of nitrogens with one attached hydrogen (secondary N) is 2. The number of alkyl halides is 6. The molecule has 0 saturated carbocycles. The molecule has 3 rings (SSSR count). The molecule has 1 aliphatic rings. The zero-order valence-electron chi connectivity index (χ0n) is 16.1. The van der Waals surface area contributed by atoms with Crippen LogP contribution < -0.4 is 20.1 Å². The maximum atomic E-state index is 13.1. The summed E-state index contributed by atoms with van der Waals surface area (Å²) in [6, 6.07) is 5.66. The highest BCUT2D eigenvalue weighted by Gasteiger charge is 2.33. The molecule has 2 aromatic rings. The molecule has 2 aromatic carbocycles. The lowest BCUT2D eigenvalue weighted by Crippen LogP contribution is -2.45. The van der Waals surface area contributed by atoms with Crippen molar-refractivity contribution in [3.63, 3.8) is 0 Å². The predicted molar refractivity (Wildman–Crippen MR) is 98.1 cm³/mol. The number of carbonyl (C=O) groups is 2. The van der Waals surface area contributed by atoms with E-state index in [1.165, 1.54) is 0 Å². The smallest absolute Gasteiger partial charge is 0.457 e. The van der Waals surface area contributed by atoms with Crippen LogP contribution in [-0.4, -0.2) is 30.8 Å². The third-order valence-corrected chi connectivity index (χ3v) is 4.42. The molecule has 6 nitrogen and oxygen atoms in total. The number of rotatable bonds is 5. The lowest BCUT2D eigenvalue weighted by Gasteiger charge is -2.23. The molecule has 1 heterocycles. The number of halogens is 6. The summed E-state index contributed by atoms with van der Waals surface area (Å²) in [5.41, 5.74) is -1.32. The van der Waals surface area contributed by atoms with Crippen LogP contribution in [0.1, 0.15) is 28.8 Å². The molecule has 1 fully saturated rings. The first-order valence-corrected chi connectivity index (χ1v) is 9.23. The highest BCUT2D eigenvalue weighted by Crippen LogP contribution is 2.35. The summed E-state index contributed by atoms with van der Waals surface area (Å²) < 4.78 is 85.4. The Balaban J connectivity index is 1.85. The number of hydrogen-bond donors (Lipinski definition) is 2. The Morgan fingerprint density at radius 1 is 1.00 bits per heavy atom. The van der Waals surface area contributed by atoms with Gasteiger partial charge in [0.2, 0.25) is 5.91 Å². The zero-order chi connectivity index (χ0) is 23.5. The number of amides is 2. The lowest BCUT2D eigenvalue weighted by molar-refractivity contribution is -0.274. The fourth-order valence-corrected chi connectivity index (χ4v) is 2.98. The molecule has 1 saturated heterocycles. The third-order valence-electron chi connectivity index (χ3n) is 4.42. The summed E-state index contributed by atoms with van der Waals surface area (Å²) in [5.74, 6) is -2.16. The molecule has 172 valence electrons. The molecule has 2 amide bonds. The second-order valence-electron chi connectivity index (χ2n) is 6.84. The Bertz CT molecular complexity index is 989. The Kier molecular flexibility index (Phi) is 6.51. The summed E-state index contributed by atoms with van der Waals surface area (Å²) in [5, 5.41) is 5.17. The summed E-state index contributed by atoms with van der Waals surface area (Å²) >= 11 is 0. The summed E-state index contributed by atoms with van der Waals surface area (Å²) in [6.45, 7) is 0.340. The van der Waals surface area contributed by atoms with E-state index in [9.17, 15) is 35.9 Å². The van der Waals surface area contributed by atoms with Gasteiger partial charge in [0.1, 0.15) is 17.2 Å². The van der Waals surface area contributed by atoms with Gasteiger partial charge < -0.3 is 20.1 Å². The van der Waals surface area contributed by atoms with Gasteiger partial charge in [-0.15, -0.1) is 13.2 Å². The second kappa shape index (κ2) is 8.97. The van der Waals surface area contributed by atoms with E-state index in [0.717, 1.165) is 30.3 Å². The van der Waals surface area contributed by atoms with Crippen molar-refractivity contribution in [2.45, 2.75) is 31.4 Å². The van der Waals surface area contributed by atoms with Crippen LogP contribution in [0.2, 0.25) is 0 Å². The van der Waals surface area contributed by atoms with Crippen LogP contribution >= 0.6 is 0 Å². The van der Waals surface area contributed by atoms with Gasteiger partial charge >= 0.3 is 12.5 Å². The molecule has 32 heavy (non-hydrogen) atoms. The van der Waals surface area contributed by atoms with Crippen LogP contribution in [0.25, 0.3) is 0 Å². The molecule has 1 unspecified atom stereocenters. The molecular formula is C20H16F6N2O4. The standard InChI is InChI=1S/C20H16F6N2O4/c21-19(22,23)11-1-6-15(18(30)28-12-7-8-27-17(29)10-12)16(9-11)31-13-2-4-14(5-3-13)32-20(24,25)26/h1-6,9,12H,7-8,10H2,(H,27,29)(H,28,30). The molecule has 1 atom stereocenters. The van der Waals surface area contributed by atoms with Crippen LogP contribution in [0.3, 0.4) is 0 Å². The molecule has 0 bridgehead atoms. The first-order valence-electron chi connectivity index (χ1n) is 9.23. The van der Waals surface area contributed by atoms with E-state index in [2.05, 4.69) is 15.4 Å². The minimum absolute atomic E-state index is 0.0171. The van der Waals surface area contributed by atoms with Gasteiger partial charge in [-0.1, -0.05) is 0 Å². The van der Waals surface area contributed by atoms with Crippen molar-refractivity contribution in [1.82, 2.24) is 10.6 Å². The van der Waals surface area contributed by atoms with E-state index in [-0.39, 0.29) is 23.6 Å². The van der Waals surface area contributed by atoms with Crippen molar-refractivity contribution < 1.29 is 45.4 Å². The van der Waals surface area contributed by atoms with Crippen LogP contribution in [0.4, 0.5) is 26.3 Å². The first-order chi connectivity index (χ1) is 14.9. The molecule has 0 aromatic heterocycles. The van der Waals surface area contributed by atoms with Crippen molar-refractivity contribution in [3.05, 3.63) is 53.6 Å². The van der Waals surface area contributed by atoms with Crippen molar-refractivity contribution in [1.29, 1.82) is 0 Å². The summed E-state index contributed by atoms with van der Waals surface area (Å²) in [4.78, 5) is 24.1. The predicted octanol–water partition coefficient (Wildman–Crippen LogP) is 4.40. The Labute approximate surface area is 177 Å². The number of carbonyl (C=O) groups excluding carboxylic acids is 2.